The Morgan fingerprint density at radius 2 is 1.69 bits per heavy atom. The number of rotatable bonds is 2. The van der Waals surface area contributed by atoms with E-state index in [0.29, 0.717) is 0 Å². The Bertz CT molecular complexity index is 236. The van der Waals surface area contributed by atoms with E-state index in [1.54, 1.807) is 0 Å². The molecule has 0 radical (unpaired) electrons. The van der Waals surface area contributed by atoms with Crippen molar-refractivity contribution < 1.29 is 0 Å². The van der Waals surface area contributed by atoms with Crippen molar-refractivity contribution in [3.05, 3.63) is 34.9 Å². The van der Waals surface area contributed by atoms with E-state index in [2.05, 4.69) is 39.0 Å². The quantitative estimate of drug-likeness (QED) is 0.634. The van der Waals surface area contributed by atoms with Crippen LogP contribution in [0.5, 0.6) is 0 Å². The van der Waals surface area contributed by atoms with Gasteiger partial charge in [-0.15, -0.1) is 0 Å². The summed E-state index contributed by atoms with van der Waals surface area (Å²) in [4.78, 5) is 0. The first-order valence-corrected chi connectivity index (χ1v) is 5.30. The van der Waals surface area contributed by atoms with Gasteiger partial charge in [-0.1, -0.05) is 51.0 Å². The molecule has 1 aromatic carbocycles. The Morgan fingerprint density at radius 3 is 2.15 bits per heavy atom. The minimum atomic E-state index is 1.21. The molecule has 1 rings (SSSR count). The number of benzene rings is 1. The van der Waals surface area contributed by atoms with E-state index in [1.807, 2.05) is 13.8 Å². The summed E-state index contributed by atoms with van der Waals surface area (Å²) >= 11 is 0. The second kappa shape index (κ2) is 6.71. The molecule has 0 amide bonds. The first kappa shape index (κ1) is 12.2. The zero-order chi connectivity index (χ0) is 10.3. The number of aryl methyl sites for hydroxylation is 3. The maximum Gasteiger partial charge on any atom is -0.0279 e. The summed E-state index contributed by atoms with van der Waals surface area (Å²) in [7, 11) is 0. The van der Waals surface area contributed by atoms with Gasteiger partial charge in [0.05, 0.1) is 0 Å². The summed E-state index contributed by atoms with van der Waals surface area (Å²) in [5.41, 5.74) is 4.30. The Hall–Kier alpha value is -0.780. The van der Waals surface area contributed by atoms with Gasteiger partial charge in [0.1, 0.15) is 0 Å². The first-order valence-electron chi connectivity index (χ1n) is 5.30. The van der Waals surface area contributed by atoms with E-state index in [1.165, 1.54) is 29.5 Å². The summed E-state index contributed by atoms with van der Waals surface area (Å²) in [6.45, 7) is 10.6. The standard InChI is InChI=1S/C11H16.C2H6/c1-4-5-11-7-6-9(2)8-10(11)3;1-2/h6-8H,4-5H2,1-3H3;1-2H3. The molecule has 0 nitrogen and oxygen atoms in total. The van der Waals surface area contributed by atoms with Gasteiger partial charge in [-0.05, 0) is 31.4 Å². The van der Waals surface area contributed by atoms with Crippen LogP contribution in [-0.2, 0) is 6.42 Å². The number of hydrogen-bond acceptors (Lipinski definition) is 0. The lowest BCUT2D eigenvalue weighted by atomic mass is 10.0. The van der Waals surface area contributed by atoms with E-state index in [4.69, 9.17) is 0 Å². The van der Waals surface area contributed by atoms with Gasteiger partial charge >= 0.3 is 0 Å². The Kier molecular flexibility index (Phi) is 6.30. The second-order valence-corrected chi connectivity index (χ2v) is 3.18. The van der Waals surface area contributed by atoms with Crippen molar-refractivity contribution in [2.75, 3.05) is 0 Å². The van der Waals surface area contributed by atoms with Gasteiger partial charge in [0.15, 0.2) is 0 Å². The van der Waals surface area contributed by atoms with E-state index in [-0.39, 0.29) is 0 Å². The molecule has 0 aromatic heterocycles. The van der Waals surface area contributed by atoms with Crippen molar-refractivity contribution in [2.45, 2.75) is 47.5 Å². The van der Waals surface area contributed by atoms with Crippen LogP contribution in [0.4, 0.5) is 0 Å². The summed E-state index contributed by atoms with van der Waals surface area (Å²) in [5.74, 6) is 0. The van der Waals surface area contributed by atoms with Crippen LogP contribution >= 0.6 is 0 Å². The van der Waals surface area contributed by atoms with Crippen LogP contribution < -0.4 is 0 Å². The molecule has 0 bridgehead atoms. The zero-order valence-corrected chi connectivity index (χ0v) is 9.65. The molecule has 0 unspecified atom stereocenters. The van der Waals surface area contributed by atoms with Crippen molar-refractivity contribution in [1.82, 2.24) is 0 Å². The molecule has 0 aliphatic rings. The molecule has 0 spiro atoms. The Morgan fingerprint density at radius 1 is 1.08 bits per heavy atom. The summed E-state index contributed by atoms with van der Waals surface area (Å²) in [6, 6.07) is 6.69. The molecule has 0 saturated heterocycles. The molecule has 0 aliphatic heterocycles. The topological polar surface area (TPSA) is 0 Å². The van der Waals surface area contributed by atoms with E-state index < -0.39 is 0 Å². The highest BCUT2D eigenvalue weighted by molar-refractivity contribution is 5.30. The zero-order valence-electron chi connectivity index (χ0n) is 9.65. The SMILES string of the molecule is CC.CCCc1ccc(C)cc1C. The van der Waals surface area contributed by atoms with Crippen LogP contribution in [0.15, 0.2) is 18.2 Å². The fraction of sp³-hybridized carbons (Fsp3) is 0.538. The van der Waals surface area contributed by atoms with Gasteiger partial charge in [0.25, 0.3) is 0 Å². The molecule has 74 valence electrons. The maximum atomic E-state index is 2.25. The highest BCUT2D eigenvalue weighted by Crippen LogP contribution is 2.11. The van der Waals surface area contributed by atoms with Crippen molar-refractivity contribution in [3.63, 3.8) is 0 Å². The molecule has 13 heavy (non-hydrogen) atoms. The third-order valence-electron chi connectivity index (χ3n) is 2.02. The van der Waals surface area contributed by atoms with Gasteiger partial charge in [-0.2, -0.15) is 0 Å². The average Bonchev–Trinajstić information content (AvgIpc) is 2.14. The van der Waals surface area contributed by atoms with Crippen LogP contribution in [0, 0.1) is 13.8 Å². The largest absolute Gasteiger partial charge is 0.0683 e. The van der Waals surface area contributed by atoms with Gasteiger partial charge in [-0.25, -0.2) is 0 Å². The fourth-order valence-electron chi connectivity index (χ4n) is 1.40. The molecule has 0 atom stereocenters. The van der Waals surface area contributed by atoms with Crippen LogP contribution in [0.1, 0.15) is 43.9 Å². The third kappa shape index (κ3) is 4.12. The number of hydrogen-bond donors (Lipinski definition) is 0. The van der Waals surface area contributed by atoms with Crippen LogP contribution in [0.3, 0.4) is 0 Å². The summed E-state index contributed by atoms with van der Waals surface area (Å²) in [5, 5.41) is 0. The van der Waals surface area contributed by atoms with Crippen molar-refractivity contribution in [2.24, 2.45) is 0 Å². The minimum Gasteiger partial charge on any atom is -0.0683 e. The van der Waals surface area contributed by atoms with Crippen molar-refractivity contribution >= 4 is 0 Å². The molecule has 0 fully saturated rings. The Labute approximate surface area is 83.0 Å². The van der Waals surface area contributed by atoms with Gasteiger partial charge in [-0.3, -0.25) is 0 Å². The summed E-state index contributed by atoms with van der Waals surface area (Å²) in [6.07, 6.45) is 2.45. The van der Waals surface area contributed by atoms with Crippen LogP contribution in [0.25, 0.3) is 0 Å². The molecular formula is C13H22. The normalized spacial score (nSPS) is 9.00. The van der Waals surface area contributed by atoms with Crippen molar-refractivity contribution in [1.29, 1.82) is 0 Å². The van der Waals surface area contributed by atoms with Gasteiger partial charge in [0.2, 0.25) is 0 Å². The fourth-order valence-corrected chi connectivity index (χ4v) is 1.40. The average molecular weight is 178 g/mol. The molecule has 0 N–H and O–H groups in total. The third-order valence-corrected chi connectivity index (χ3v) is 2.02. The van der Waals surface area contributed by atoms with Gasteiger partial charge in [0, 0.05) is 0 Å². The van der Waals surface area contributed by atoms with Crippen molar-refractivity contribution in [3.8, 4) is 0 Å². The van der Waals surface area contributed by atoms with Crippen LogP contribution in [-0.4, -0.2) is 0 Å². The van der Waals surface area contributed by atoms with E-state index in [0.717, 1.165) is 0 Å². The second-order valence-electron chi connectivity index (χ2n) is 3.18. The van der Waals surface area contributed by atoms with Crippen LogP contribution in [0.2, 0.25) is 0 Å². The van der Waals surface area contributed by atoms with E-state index in [9.17, 15) is 0 Å². The minimum absolute atomic E-state index is 1.21. The lowest BCUT2D eigenvalue weighted by Gasteiger charge is -2.04. The molecule has 0 heterocycles. The highest BCUT2D eigenvalue weighted by Gasteiger charge is 1.95. The lowest BCUT2D eigenvalue weighted by molar-refractivity contribution is 0.912. The smallest absolute Gasteiger partial charge is 0.0279 e. The predicted molar refractivity (Wildman–Crippen MR) is 61.3 cm³/mol. The first-order chi connectivity index (χ1) is 6.24. The maximum absolute atomic E-state index is 2.25. The molecular weight excluding hydrogens is 156 g/mol. The molecule has 0 heteroatoms. The highest BCUT2D eigenvalue weighted by atomic mass is 14.0. The van der Waals surface area contributed by atoms with Gasteiger partial charge < -0.3 is 0 Å². The monoisotopic (exact) mass is 178 g/mol. The molecule has 0 aliphatic carbocycles. The summed E-state index contributed by atoms with van der Waals surface area (Å²) < 4.78 is 0. The lowest BCUT2D eigenvalue weighted by Crippen LogP contribution is -1.88. The Balaban J connectivity index is 0.000000671. The predicted octanol–water partition coefficient (Wildman–Crippen LogP) is 4.28. The molecule has 0 saturated carbocycles. The molecule has 1 aromatic rings. The van der Waals surface area contributed by atoms with E-state index >= 15 is 0 Å².